The summed E-state index contributed by atoms with van der Waals surface area (Å²) in [6.07, 6.45) is 4.40. The lowest BCUT2D eigenvalue weighted by Gasteiger charge is -2.37. The maximum Gasteiger partial charge on any atom is 0.147 e. The highest BCUT2D eigenvalue weighted by molar-refractivity contribution is 6.42. The number of hydrogen-bond acceptors (Lipinski definition) is 4. The van der Waals surface area contributed by atoms with Crippen LogP contribution in [0.1, 0.15) is 36.7 Å². The van der Waals surface area contributed by atoms with Crippen molar-refractivity contribution in [2.24, 2.45) is 5.73 Å². The molecule has 24 heavy (non-hydrogen) atoms. The minimum Gasteiger partial charge on any atom is -0.355 e. The number of aryl methyl sites for hydroxylation is 1. The monoisotopic (exact) mass is 364 g/mol. The number of hydrogen-bond donors (Lipinski definition) is 1. The fourth-order valence-corrected chi connectivity index (χ4v) is 3.32. The Balaban J connectivity index is 1.77. The van der Waals surface area contributed by atoms with Crippen LogP contribution in [0.5, 0.6) is 0 Å². The summed E-state index contributed by atoms with van der Waals surface area (Å²) < 4.78 is 0. The van der Waals surface area contributed by atoms with Crippen molar-refractivity contribution in [3.05, 3.63) is 51.4 Å². The van der Waals surface area contributed by atoms with Crippen LogP contribution in [0.15, 0.2) is 24.4 Å². The van der Waals surface area contributed by atoms with E-state index in [2.05, 4.69) is 16.8 Å². The molecule has 0 aliphatic carbocycles. The molecule has 0 unspecified atom stereocenters. The lowest BCUT2D eigenvalue weighted by Crippen LogP contribution is -2.48. The van der Waals surface area contributed by atoms with Gasteiger partial charge in [0.05, 0.1) is 27.6 Å². The van der Waals surface area contributed by atoms with Gasteiger partial charge in [0.25, 0.3) is 0 Å². The number of benzene rings is 1. The lowest BCUT2D eigenvalue weighted by molar-refractivity contribution is 0.363. The van der Waals surface area contributed by atoms with E-state index in [0.29, 0.717) is 16.5 Å². The second-order valence-corrected chi connectivity index (χ2v) is 7.58. The van der Waals surface area contributed by atoms with Gasteiger partial charge in [0, 0.05) is 25.0 Å². The molecule has 1 aromatic heterocycles. The molecule has 1 aromatic carbocycles. The topological polar surface area (TPSA) is 55.0 Å². The van der Waals surface area contributed by atoms with Crippen LogP contribution in [-0.2, 0) is 6.42 Å². The number of piperidine rings is 1. The molecule has 1 saturated heterocycles. The van der Waals surface area contributed by atoms with Gasteiger partial charge in [0.1, 0.15) is 5.82 Å². The highest BCUT2D eigenvalue weighted by Crippen LogP contribution is 2.28. The number of aromatic nitrogens is 2. The molecule has 2 N–H and O–H groups in total. The van der Waals surface area contributed by atoms with Crippen molar-refractivity contribution in [3.8, 4) is 0 Å². The zero-order valence-corrected chi connectivity index (χ0v) is 15.5. The van der Waals surface area contributed by atoms with Crippen LogP contribution in [0.4, 0.5) is 5.82 Å². The van der Waals surface area contributed by atoms with E-state index in [1.54, 1.807) is 6.07 Å². The van der Waals surface area contributed by atoms with E-state index in [0.717, 1.165) is 48.7 Å². The van der Waals surface area contributed by atoms with Gasteiger partial charge < -0.3 is 10.6 Å². The van der Waals surface area contributed by atoms with E-state index in [1.807, 2.05) is 25.3 Å². The lowest BCUT2D eigenvalue weighted by atomic mass is 9.91. The minimum atomic E-state index is -0.0672. The smallest absolute Gasteiger partial charge is 0.147 e. The number of halogens is 2. The first-order valence-corrected chi connectivity index (χ1v) is 8.90. The van der Waals surface area contributed by atoms with Crippen molar-refractivity contribution in [3.63, 3.8) is 0 Å². The maximum absolute atomic E-state index is 6.28. The van der Waals surface area contributed by atoms with Gasteiger partial charge in [0.15, 0.2) is 0 Å². The Hall–Kier alpha value is -1.36. The Labute approximate surface area is 153 Å². The Kier molecular flexibility index (Phi) is 5.00. The summed E-state index contributed by atoms with van der Waals surface area (Å²) >= 11 is 12.4. The summed E-state index contributed by atoms with van der Waals surface area (Å²) in [5.74, 6) is 0.920. The first kappa shape index (κ1) is 17.5. The summed E-state index contributed by atoms with van der Waals surface area (Å²) in [4.78, 5) is 11.6. The number of anilines is 1. The molecule has 2 aromatic rings. The van der Waals surface area contributed by atoms with Crippen molar-refractivity contribution in [1.82, 2.24) is 9.97 Å². The van der Waals surface area contributed by atoms with Crippen LogP contribution in [0.25, 0.3) is 0 Å². The number of nitrogens with zero attached hydrogens (tertiary/aromatic N) is 3. The molecule has 0 spiro atoms. The molecule has 0 saturated carbocycles. The molecule has 0 amide bonds. The standard InChI is InChI=1S/C18H22Cl2N4/c1-12-15(10-13-4-3-5-14(19)17(13)20)22-11-16(23-12)24-8-6-18(2,21)7-9-24/h3-5,11H,6-10,21H2,1-2H3. The van der Waals surface area contributed by atoms with Gasteiger partial charge in [-0.15, -0.1) is 0 Å². The molecule has 1 fully saturated rings. The minimum absolute atomic E-state index is 0.0672. The Morgan fingerprint density at radius 1 is 1.25 bits per heavy atom. The largest absolute Gasteiger partial charge is 0.355 e. The summed E-state index contributed by atoms with van der Waals surface area (Å²) in [7, 11) is 0. The molecular formula is C18H22Cl2N4. The van der Waals surface area contributed by atoms with Gasteiger partial charge >= 0.3 is 0 Å². The second-order valence-electron chi connectivity index (χ2n) is 6.79. The average molecular weight is 365 g/mol. The zero-order chi connectivity index (χ0) is 17.3. The number of nitrogens with two attached hydrogens (primary N) is 1. The second kappa shape index (κ2) is 6.87. The van der Waals surface area contributed by atoms with Gasteiger partial charge in [-0.05, 0) is 38.3 Å². The predicted molar refractivity (Wildman–Crippen MR) is 100 cm³/mol. The Bertz CT molecular complexity index is 736. The van der Waals surface area contributed by atoms with Crippen molar-refractivity contribution in [1.29, 1.82) is 0 Å². The van der Waals surface area contributed by atoms with Crippen molar-refractivity contribution < 1.29 is 0 Å². The Morgan fingerprint density at radius 3 is 2.62 bits per heavy atom. The Morgan fingerprint density at radius 2 is 1.96 bits per heavy atom. The first-order chi connectivity index (χ1) is 11.4. The van der Waals surface area contributed by atoms with Crippen molar-refractivity contribution >= 4 is 29.0 Å². The van der Waals surface area contributed by atoms with Crippen LogP contribution < -0.4 is 10.6 Å². The maximum atomic E-state index is 6.28. The van der Waals surface area contributed by atoms with E-state index in [4.69, 9.17) is 33.9 Å². The quantitative estimate of drug-likeness (QED) is 0.893. The molecule has 2 heterocycles. The summed E-state index contributed by atoms with van der Waals surface area (Å²) in [5, 5.41) is 1.15. The summed E-state index contributed by atoms with van der Waals surface area (Å²) in [6, 6.07) is 5.66. The van der Waals surface area contributed by atoms with E-state index >= 15 is 0 Å². The van der Waals surface area contributed by atoms with Gasteiger partial charge in [-0.2, -0.15) is 0 Å². The third-order valence-electron chi connectivity index (χ3n) is 4.65. The first-order valence-electron chi connectivity index (χ1n) is 8.15. The van der Waals surface area contributed by atoms with E-state index in [-0.39, 0.29) is 5.54 Å². The summed E-state index contributed by atoms with van der Waals surface area (Å²) in [5.41, 5.74) is 8.94. The van der Waals surface area contributed by atoms with Crippen molar-refractivity contribution in [2.75, 3.05) is 18.0 Å². The van der Waals surface area contributed by atoms with E-state index in [1.165, 1.54) is 0 Å². The van der Waals surface area contributed by atoms with Crippen LogP contribution in [0, 0.1) is 6.92 Å². The fourth-order valence-electron chi connectivity index (χ4n) is 2.93. The molecular weight excluding hydrogens is 343 g/mol. The highest BCUT2D eigenvalue weighted by Gasteiger charge is 2.26. The molecule has 6 heteroatoms. The van der Waals surface area contributed by atoms with Crippen LogP contribution >= 0.6 is 23.2 Å². The third kappa shape index (κ3) is 3.82. The van der Waals surface area contributed by atoms with Gasteiger partial charge in [0.2, 0.25) is 0 Å². The zero-order valence-electron chi connectivity index (χ0n) is 14.0. The summed E-state index contributed by atoms with van der Waals surface area (Å²) in [6.45, 7) is 5.93. The van der Waals surface area contributed by atoms with Gasteiger partial charge in [-0.3, -0.25) is 4.98 Å². The molecule has 0 atom stereocenters. The van der Waals surface area contributed by atoms with Crippen LogP contribution in [0.2, 0.25) is 10.0 Å². The molecule has 4 nitrogen and oxygen atoms in total. The predicted octanol–water partition coefficient (Wildman–Crippen LogP) is 4.00. The normalized spacial score (nSPS) is 17.1. The molecule has 0 bridgehead atoms. The van der Waals surface area contributed by atoms with Crippen LogP contribution in [-0.4, -0.2) is 28.6 Å². The van der Waals surface area contributed by atoms with Gasteiger partial charge in [-0.1, -0.05) is 35.3 Å². The third-order valence-corrected chi connectivity index (χ3v) is 5.51. The molecule has 128 valence electrons. The average Bonchev–Trinajstić information content (AvgIpc) is 2.53. The molecule has 0 radical (unpaired) electrons. The fraction of sp³-hybridized carbons (Fsp3) is 0.444. The number of rotatable bonds is 3. The molecule has 1 aliphatic heterocycles. The van der Waals surface area contributed by atoms with E-state index < -0.39 is 0 Å². The SMILES string of the molecule is Cc1nc(N2CCC(C)(N)CC2)cnc1Cc1cccc(Cl)c1Cl. The highest BCUT2D eigenvalue weighted by atomic mass is 35.5. The van der Waals surface area contributed by atoms with Crippen molar-refractivity contribution in [2.45, 2.75) is 38.6 Å². The van der Waals surface area contributed by atoms with E-state index in [9.17, 15) is 0 Å². The molecule has 1 aliphatic rings. The van der Waals surface area contributed by atoms with Crippen LogP contribution in [0.3, 0.4) is 0 Å². The van der Waals surface area contributed by atoms with Gasteiger partial charge in [-0.25, -0.2) is 4.98 Å². The molecule has 3 rings (SSSR count).